The normalized spacial score (nSPS) is 18.2. The highest BCUT2D eigenvalue weighted by atomic mass is 32.2. The Hall–Kier alpha value is -1.08. The van der Waals surface area contributed by atoms with Crippen molar-refractivity contribution < 1.29 is 8.42 Å². The highest BCUT2D eigenvalue weighted by molar-refractivity contribution is 7.89. The number of aromatic nitrogens is 2. The van der Waals surface area contributed by atoms with E-state index in [9.17, 15) is 8.42 Å². The van der Waals surface area contributed by atoms with Gasteiger partial charge in [-0.3, -0.25) is 4.68 Å². The lowest BCUT2D eigenvalue weighted by Crippen LogP contribution is -2.30. The van der Waals surface area contributed by atoms with Gasteiger partial charge in [-0.25, -0.2) is 13.1 Å². The van der Waals surface area contributed by atoms with Crippen LogP contribution >= 0.6 is 0 Å². The number of nitrogens with one attached hydrogen (secondary N) is 1. The van der Waals surface area contributed by atoms with E-state index in [-0.39, 0.29) is 16.1 Å². The van der Waals surface area contributed by atoms with Gasteiger partial charge in [-0.1, -0.05) is 6.92 Å². The van der Waals surface area contributed by atoms with Crippen LogP contribution in [0.2, 0.25) is 0 Å². The van der Waals surface area contributed by atoms with Gasteiger partial charge in [-0.15, -0.1) is 0 Å². The van der Waals surface area contributed by atoms with Crippen molar-refractivity contribution in [3.8, 4) is 0 Å². The standard InChI is InChI=1S/C10H18N4O2S/c1-3-10(4-5-10)7-12-17(15,16)8-6-14(2)13-9(8)11/h6,12H,3-5,7H2,1-2H3,(H2,11,13). The van der Waals surface area contributed by atoms with Gasteiger partial charge in [0.15, 0.2) is 5.82 Å². The average Bonchev–Trinajstić information content (AvgIpc) is 2.96. The van der Waals surface area contributed by atoms with E-state index in [0.717, 1.165) is 19.3 Å². The van der Waals surface area contributed by atoms with Crippen LogP contribution in [0.3, 0.4) is 0 Å². The van der Waals surface area contributed by atoms with Gasteiger partial charge in [0, 0.05) is 19.8 Å². The van der Waals surface area contributed by atoms with E-state index in [0.29, 0.717) is 6.54 Å². The van der Waals surface area contributed by atoms with Gasteiger partial charge in [-0.2, -0.15) is 5.10 Å². The second-order valence-electron chi connectivity index (χ2n) is 4.73. The van der Waals surface area contributed by atoms with Gasteiger partial charge in [0.1, 0.15) is 4.90 Å². The highest BCUT2D eigenvalue weighted by Gasteiger charge is 2.41. The van der Waals surface area contributed by atoms with Gasteiger partial charge >= 0.3 is 0 Å². The first-order valence-corrected chi connectivity index (χ1v) is 7.16. The Bertz CT molecular complexity index is 516. The summed E-state index contributed by atoms with van der Waals surface area (Å²) < 4.78 is 28.0. The van der Waals surface area contributed by atoms with Crippen molar-refractivity contribution in [3.63, 3.8) is 0 Å². The summed E-state index contributed by atoms with van der Waals surface area (Å²) in [6.45, 7) is 2.57. The fourth-order valence-electron chi connectivity index (χ4n) is 1.85. The van der Waals surface area contributed by atoms with Crippen LogP contribution < -0.4 is 10.5 Å². The molecule has 1 fully saturated rings. The fourth-order valence-corrected chi connectivity index (χ4v) is 3.11. The van der Waals surface area contributed by atoms with Crippen LogP contribution in [-0.2, 0) is 17.1 Å². The molecule has 0 atom stereocenters. The number of anilines is 1. The first-order chi connectivity index (χ1) is 7.88. The highest BCUT2D eigenvalue weighted by Crippen LogP contribution is 2.48. The van der Waals surface area contributed by atoms with Crippen LogP contribution in [0.25, 0.3) is 0 Å². The molecule has 0 aromatic carbocycles. The lowest BCUT2D eigenvalue weighted by atomic mass is 10.1. The molecule has 0 radical (unpaired) electrons. The Labute approximate surface area is 101 Å². The van der Waals surface area contributed by atoms with Crippen molar-refractivity contribution in [2.24, 2.45) is 12.5 Å². The first-order valence-electron chi connectivity index (χ1n) is 5.67. The van der Waals surface area contributed by atoms with Gasteiger partial charge in [0.25, 0.3) is 0 Å². The minimum atomic E-state index is -3.53. The molecule has 1 aliphatic rings. The molecule has 3 N–H and O–H groups in total. The molecule has 1 aromatic heterocycles. The number of aryl methyl sites for hydroxylation is 1. The van der Waals surface area contributed by atoms with Crippen LogP contribution in [0.5, 0.6) is 0 Å². The molecular weight excluding hydrogens is 240 g/mol. The van der Waals surface area contributed by atoms with E-state index >= 15 is 0 Å². The molecule has 1 aliphatic carbocycles. The molecule has 6 nitrogen and oxygen atoms in total. The van der Waals surface area contributed by atoms with Gasteiger partial charge < -0.3 is 5.73 Å². The van der Waals surface area contributed by atoms with Crippen LogP contribution in [0, 0.1) is 5.41 Å². The largest absolute Gasteiger partial charge is 0.381 e. The molecule has 96 valence electrons. The Balaban J connectivity index is 2.12. The molecule has 0 unspecified atom stereocenters. The SMILES string of the molecule is CCC1(CNS(=O)(=O)c2cn(C)nc2N)CC1. The third-order valence-corrected chi connectivity index (χ3v) is 4.87. The maximum atomic E-state index is 12.0. The molecular formula is C10H18N4O2S. The van der Waals surface area contributed by atoms with Gasteiger partial charge in [-0.05, 0) is 24.7 Å². The van der Waals surface area contributed by atoms with Crippen LogP contribution in [0.1, 0.15) is 26.2 Å². The van der Waals surface area contributed by atoms with Crippen LogP contribution in [-0.4, -0.2) is 24.7 Å². The molecule has 17 heavy (non-hydrogen) atoms. The number of hydrogen-bond acceptors (Lipinski definition) is 4. The zero-order valence-corrected chi connectivity index (χ0v) is 10.9. The molecule has 0 spiro atoms. The second-order valence-corrected chi connectivity index (χ2v) is 6.47. The summed E-state index contributed by atoms with van der Waals surface area (Å²) in [5.41, 5.74) is 5.73. The average molecular weight is 258 g/mol. The Morgan fingerprint density at radius 3 is 2.65 bits per heavy atom. The van der Waals surface area contributed by atoms with Crippen molar-refractivity contribution in [3.05, 3.63) is 6.20 Å². The topological polar surface area (TPSA) is 90.0 Å². The molecule has 7 heteroatoms. The zero-order valence-electron chi connectivity index (χ0n) is 10.1. The molecule has 1 aromatic rings. The summed E-state index contributed by atoms with van der Waals surface area (Å²) in [5.74, 6) is 0.0429. The van der Waals surface area contributed by atoms with Crippen molar-refractivity contribution in [2.45, 2.75) is 31.1 Å². The van der Waals surface area contributed by atoms with E-state index in [1.165, 1.54) is 10.9 Å². The molecule has 0 bridgehead atoms. The summed E-state index contributed by atoms with van der Waals surface area (Å²) in [6, 6.07) is 0. The summed E-state index contributed by atoms with van der Waals surface area (Å²) in [4.78, 5) is 0.0619. The van der Waals surface area contributed by atoms with Crippen molar-refractivity contribution >= 4 is 15.8 Å². The Morgan fingerprint density at radius 1 is 1.59 bits per heavy atom. The summed E-state index contributed by atoms with van der Waals surface area (Å²) in [5, 5.41) is 3.83. The van der Waals surface area contributed by atoms with E-state index in [4.69, 9.17) is 5.73 Å². The minimum absolute atomic E-state index is 0.0429. The van der Waals surface area contributed by atoms with E-state index in [2.05, 4.69) is 16.7 Å². The predicted octanol–water partition coefficient (Wildman–Crippen LogP) is 0.471. The second kappa shape index (κ2) is 3.99. The van der Waals surface area contributed by atoms with E-state index < -0.39 is 10.0 Å². The van der Waals surface area contributed by atoms with Gasteiger partial charge in [0.2, 0.25) is 10.0 Å². The molecule has 1 heterocycles. The Kier molecular flexibility index (Phi) is 2.90. The lowest BCUT2D eigenvalue weighted by molar-refractivity contribution is 0.476. The molecule has 1 saturated carbocycles. The van der Waals surface area contributed by atoms with Crippen molar-refractivity contribution in [1.29, 1.82) is 0 Å². The maximum absolute atomic E-state index is 12.0. The predicted molar refractivity (Wildman–Crippen MR) is 64.8 cm³/mol. The molecule has 0 aliphatic heterocycles. The van der Waals surface area contributed by atoms with Crippen LogP contribution in [0.4, 0.5) is 5.82 Å². The molecule has 2 rings (SSSR count). The van der Waals surface area contributed by atoms with Gasteiger partial charge in [0.05, 0.1) is 0 Å². The summed E-state index contributed by atoms with van der Waals surface area (Å²) in [7, 11) is -1.89. The zero-order chi connectivity index (χ0) is 12.7. The number of nitrogen functional groups attached to an aromatic ring is 1. The smallest absolute Gasteiger partial charge is 0.245 e. The number of rotatable bonds is 5. The fraction of sp³-hybridized carbons (Fsp3) is 0.700. The monoisotopic (exact) mass is 258 g/mol. The molecule has 0 saturated heterocycles. The Morgan fingerprint density at radius 2 is 2.24 bits per heavy atom. The third kappa shape index (κ3) is 2.44. The lowest BCUT2D eigenvalue weighted by Gasteiger charge is -2.13. The summed E-state index contributed by atoms with van der Waals surface area (Å²) >= 11 is 0. The summed E-state index contributed by atoms with van der Waals surface area (Å²) in [6.07, 6.45) is 4.60. The third-order valence-electron chi connectivity index (χ3n) is 3.46. The maximum Gasteiger partial charge on any atom is 0.245 e. The van der Waals surface area contributed by atoms with E-state index in [1.54, 1.807) is 7.05 Å². The quantitative estimate of drug-likeness (QED) is 0.803. The first kappa shape index (κ1) is 12.4. The number of nitrogens with two attached hydrogens (primary N) is 1. The van der Waals surface area contributed by atoms with Crippen molar-refractivity contribution in [2.75, 3.05) is 12.3 Å². The van der Waals surface area contributed by atoms with Crippen molar-refractivity contribution in [1.82, 2.24) is 14.5 Å². The minimum Gasteiger partial charge on any atom is -0.381 e. The molecule has 0 amide bonds. The van der Waals surface area contributed by atoms with Crippen LogP contribution in [0.15, 0.2) is 11.1 Å². The number of sulfonamides is 1. The number of nitrogens with zero attached hydrogens (tertiary/aromatic N) is 2. The van der Waals surface area contributed by atoms with E-state index in [1.807, 2.05) is 0 Å². The number of hydrogen-bond donors (Lipinski definition) is 2.